The predicted molar refractivity (Wildman–Crippen MR) is 69.3 cm³/mol. The van der Waals surface area contributed by atoms with Gasteiger partial charge < -0.3 is 9.47 Å². The Kier molecular flexibility index (Phi) is 5.47. The lowest BCUT2D eigenvalue weighted by Gasteiger charge is -2.27. The number of halogens is 2. The average Bonchev–Trinajstić information content (AvgIpc) is 2.44. The molecule has 0 aliphatic carbocycles. The number of terminal acetylenes is 1. The average molecular weight is 283 g/mol. The summed E-state index contributed by atoms with van der Waals surface area (Å²) in [5, 5.41) is 2.87. The fourth-order valence-corrected chi connectivity index (χ4v) is 1.69. The molecule has 0 spiro atoms. The van der Waals surface area contributed by atoms with Crippen LogP contribution >= 0.6 is 0 Å². The topological polar surface area (TPSA) is 47.6 Å². The third kappa shape index (κ3) is 3.68. The molecule has 1 rings (SSSR count). The zero-order chi connectivity index (χ0) is 15.2. The lowest BCUT2D eigenvalue weighted by atomic mass is 9.92. The van der Waals surface area contributed by atoms with Crippen LogP contribution in [0.4, 0.5) is 8.78 Å². The monoisotopic (exact) mass is 283 g/mol. The molecule has 0 aliphatic heterocycles. The van der Waals surface area contributed by atoms with E-state index in [1.807, 2.05) is 0 Å². The number of esters is 1. The summed E-state index contributed by atoms with van der Waals surface area (Å²) in [6.07, 6.45) is 5.17. The summed E-state index contributed by atoms with van der Waals surface area (Å²) in [5.41, 5.74) is -0.633. The number of carbonyl (C=O) groups is 1. The first kappa shape index (κ1) is 15.9. The van der Waals surface area contributed by atoms with Crippen LogP contribution in [0.2, 0.25) is 0 Å². The smallest absolute Gasteiger partial charge is 0.387 e. The molecule has 1 aromatic carbocycles. The minimum absolute atomic E-state index is 0.00733. The molecule has 0 aromatic heterocycles. The van der Waals surface area contributed by atoms with Crippen molar-refractivity contribution in [2.24, 2.45) is 0 Å². The minimum Gasteiger partial charge on any atom is -0.467 e. The van der Waals surface area contributed by atoms with Crippen LogP contribution in [0, 0.1) is 12.3 Å². The molecule has 1 aromatic rings. The van der Waals surface area contributed by atoms with Gasteiger partial charge in [-0.3, -0.25) is 5.32 Å². The number of hydrogen-bond acceptors (Lipinski definition) is 4. The standard InChI is InChI=1S/C14H15F2NO3/c1-4-9-17-14(2,12(18)19-3)10-5-7-11(8-6-10)20-13(15)16/h1,5-8,13,17H,9H2,2-3H3. The lowest BCUT2D eigenvalue weighted by molar-refractivity contribution is -0.148. The third-order valence-electron chi connectivity index (χ3n) is 2.79. The van der Waals surface area contributed by atoms with Gasteiger partial charge >= 0.3 is 12.6 Å². The first-order valence-corrected chi connectivity index (χ1v) is 5.76. The Labute approximate surface area is 116 Å². The van der Waals surface area contributed by atoms with E-state index in [9.17, 15) is 13.6 Å². The second-order valence-electron chi connectivity index (χ2n) is 4.08. The molecule has 0 aliphatic rings. The van der Waals surface area contributed by atoms with Gasteiger partial charge in [-0.2, -0.15) is 8.78 Å². The SMILES string of the molecule is C#CCNC(C)(C(=O)OC)c1ccc(OC(F)F)cc1. The van der Waals surface area contributed by atoms with Gasteiger partial charge in [0.25, 0.3) is 0 Å². The molecule has 0 fully saturated rings. The molecule has 1 atom stereocenters. The zero-order valence-corrected chi connectivity index (χ0v) is 11.2. The van der Waals surface area contributed by atoms with Crippen LogP contribution < -0.4 is 10.1 Å². The highest BCUT2D eigenvalue weighted by Gasteiger charge is 2.35. The zero-order valence-electron chi connectivity index (χ0n) is 11.2. The first-order chi connectivity index (χ1) is 9.43. The fourth-order valence-electron chi connectivity index (χ4n) is 1.69. The summed E-state index contributed by atoms with van der Waals surface area (Å²) < 4.78 is 33.1. The van der Waals surface area contributed by atoms with E-state index in [4.69, 9.17) is 11.2 Å². The van der Waals surface area contributed by atoms with E-state index in [1.165, 1.54) is 31.4 Å². The van der Waals surface area contributed by atoms with E-state index in [0.29, 0.717) is 5.56 Å². The van der Waals surface area contributed by atoms with Crippen molar-refractivity contribution < 1.29 is 23.0 Å². The number of carbonyl (C=O) groups excluding carboxylic acids is 1. The molecule has 0 saturated heterocycles. The van der Waals surface area contributed by atoms with E-state index < -0.39 is 18.1 Å². The Balaban J connectivity index is 3.03. The van der Waals surface area contributed by atoms with E-state index in [2.05, 4.69) is 16.0 Å². The molecule has 0 heterocycles. The lowest BCUT2D eigenvalue weighted by Crippen LogP contribution is -2.47. The second-order valence-corrected chi connectivity index (χ2v) is 4.08. The number of ether oxygens (including phenoxy) is 2. The van der Waals surface area contributed by atoms with Crippen molar-refractivity contribution in [2.75, 3.05) is 13.7 Å². The number of nitrogens with one attached hydrogen (secondary N) is 1. The van der Waals surface area contributed by atoms with Gasteiger partial charge in [0.05, 0.1) is 13.7 Å². The van der Waals surface area contributed by atoms with E-state index in [0.717, 1.165) is 0 Å². The van der Waals surface area contributed by atoms with E-state index in [-0.39, 0.29) is 12.3 Å². The summed E-state index contributed by atoms with van der Waals surface area (Å²) in [6, 6.07) is 5.69. The van der Waals surface area contributed by atoms with Crippen LogP contribution in [0.5, 0.6) is 5.75 Å². The Morgan fingerprint density at radius 1 is 1.45 bits per heavy atom. The van der Waals surface area contributed by atoms with Crippen LogP contribution in [0.3, 0.4) is 0 Å². The number of methoxy groups -OCH3 is 1. The minimum atomic E-state index is -2.90. The number of benzene rings is 1. The van der Waals surface area contributed by atoms with Crippen LogP contribution in [0.15, 0.2) is 24.3 Å². The molecular formula is C14H15F2NO3. The molecule has 0 amide bonds. The van der Waals surface area contributed by atoms with Gasteiger partial charge in [0.2, 0.25) is 0 Å². The van der Waals surface area contributed by atoms with Crippen molar-refractivity contribution in [2.45, 2.75) is 19.1 Å². The Morgan fingerprint density at radius 2 is 2.05 bits per heavy atom. The summed E-state index contributed by atoms with van der Waals surface area (Å²) >= 11 is 0. The van der Waals surface area contributed by atoms with E-state index in [1.54, 1.807) is 6.92 Å². The maximum absolute atomic E-state index is 12.1. The Morgan fingerprint density at radius 3 is 2.50 bits per heavy atom. The van der Waals surface area contributed by atoms with Crippen LogP contribution in [0.25, 0.3) is 0 Å². The maximum atomic E-state index is 12.1. The van der Waals surface area contributed by atoms with Gasteiger partial charge in [0.1, 0.15) is 11.3 Å². The van der Waals surface area contributed by atoms with Crippen LogP contribution in [-0.4, -0.2) is 26.2 Å². The van der Waals surface area contributed by atoms with Gasteiger partial charge in [-0.15, -0.1) is 6.42 Å². The van der Waals surface area contributed by atoms with Crippen LogP contribution in [-0.2, 0) is 15.1 Å². The molecular weight excluding hydrogens is 268 g/mol. The molecule has 1 N–H and O–H groups in total. The van der Waals surface area contributed by atoms with Gasteiger partial charge in [0, 0.05) is 0 Å². The van der Waals surface area contributed by atoms with Gasteiger partial charge in [-0.05, 0) is 24.6 Å². The molecule has 108 valence electrons. The molecule has 6 heteroatoms. The molecule has 0 bridgehead atoms. The van der Waals surface area contributed by atoms with Crippen molar-refractivity contribution in [3.05, 3.63) is 29.8 Å². The highest BCUT2D eigenvalue weighted by Crippen LogP contribution is 2.25. The quantitative estimate of drug-likeness (QED) is 0.640. The van der Waals surface area contributed by atoms with Crippen LogP contribution in [0.1, 0.15) is 12.5 Å². The largest absolute Gasteiger partial charge is 0.467 e. The van der Waals surface area contributed by atoms with Crippen molar-refractivity contribution in [1.29, 1.82) is 0 Å². The fraction of sp³-hybridized carbons (Fsp3) is 0.357. The van der Waals surface area contributed by atoms with Crippen molar-refractivity contribution >= 4 is 5.97 Å². The summed E-state index contributed by atoms with van der Waals surface area (Å²) in [7, 11) is 1.26. The first-order valence-electron chi connectivity index (χ1n) is 5.76. The molecule has 20 heavy (non-hydrogen) atoms. The third-order valence-corrected chi connectivity index (χ3v) is 2.79. The van der Waals surface area contributed by atoms with Crippen molar-refractivity contribution in [1.82, 2.24) is 5.32 Å². The highest BCUT2D eigenvalue weighted by atomic mass is 19.3. The number of alkyl halides is 2. The second kappa shape index (κ2) is 6.87. The number of rotatable bonds is 6. The highest BCUT2D eigenvalue weighted by molar-refractivity contribution is 5.82. The molecule has 0 saturated carbocycles. The summed E-state index contributed by atoms with van der Waals surface area (Å²) in [4.78, 5) is 11.9. The number of hydrogen-bond donors (Lipinski definition) is 1. The van der Waals surface area contributed by atoms with E-state index >= 15 is 0 Å². The molecule has 1 unspecified atom stereocenters. The maximum Gasteiger partial charge on any atom is 0.387 e. The van der Waals surface area contributed by atoms with Gasteiger partial charge in [-0.1, -0.05) is 18.1 Å². The summed E-state index contributed by atoms with van der Waals surface area (Å²) in [6.45, 7) is -1.15. The summed E-state index contributed by atoms with van der Waals surface area (Å²) in [5.74, 6) is 1.84. The van der Waals surface area contributed by atoms with Crippen molar-refractivity contribution in [3.63, 3.8) is 0 Å². The molecule has 0 radical (unpaired) electrons. The predicted octanol–water partition coefficient (Wildman–Crippen LogP) is 1.90. The Bertz CT molecular complexity index is 496. The van der Waals surface area contributed by atoms with Gasteiger partial charge in [-0.25, -0.2) is 4.79 Å². The molecule has 4 nitrogen and oxygen atoms in total. The Hall–Kier alpha value is -2.13. The normalized spacial score (nSPS) is 13.4. The van der Waals surface area contributed by atoms with Crippen molar-refractivity contribution in [3.8, 4) is 18.1 Å². The van der Waals surface area contributed by atoms with Gasteiger partial charge in [0.15, 0.2) is 0 Å².